The standard InChI is InChI=1S/C20H22N4O2/c1-14(2)13-24-20(26)17-12-8-7-11-16(17)18(21-24)19(25)22-23(3)15-9-5-4-6-10-15/h4-12,14H,13H2,1-3H3,(H,22,25). The largest absolute Gasteiger partial charge is 0.290 e. The number of carbonyl (C=O) groups excluding carboxylic acids is 1. The van der Waals surface area contributed by atoms with Crippen LogP contribution in [-0.2, 0) is 6.54 Å². The first kappa shape index (κ1) is 17.7. The van der Waals surface area contributed by atoms with E-state index >= 15 is 0 Å². The van der Waals surface area contributed by atoms with Crippen LogP contribution in [0.25, 0.3) is 10.8 Å². The summed E-state index contributed by atoms with van der Waals surface area (Å²) in [4.78, 5) is 25.5. The van der Waals surface area contributed by atoms with Crippen molar-refractivity contribution in [2.24, 2.45) is 5.92 Å². The van der Waals surface area contributed by atoms with E-state index in [4.69, 9.17) is 0 Å². The minimum atomic E-state index is -0.356. The second-order valence-electron chi connectivity index (χ2n) is 6.61. The van der Waals surface area contributed by atoms with Gasteiger partial charge in [-0.2, -0.15) is 5.10 Å². The highest BCUT2D eigenvalue weighted by molar-refractivity contribution is 6.05. The van der Waals surface area contributed by atoms with Gasteiger partial charge in [-0.1, -0.05) is 50.2 Å². The second-order valence-corrected chi connectivity index (χ2v) is 6.61. The first-order chi connectivity index (χ1) is 12.5. The van der Waals surface area contributed by atoms with Crippen molar-refractivity contribution < 1.29 is 4.79 Å². The number of fused-ring (bicyclic) bond motifs is 1. The Morgan fingerprint density at radius 2 is 1.69 bits per heavy atom. The monoisotopic (exact) mass is 350 g/mol. The summed E-state index contributed by atoms with van der Waals surface area (Å²) in [5.74, 6) is -0.116. The third-order valence-electron chi connectivity index (χ3n) is 4.03. The van der Waals surface area contributed by atoms with E-state index in [9.17, 15) is 9.59 Å². The van der Waals surface area contributed by atoms with E-state index in [1.807, 2.05) is 44.2 Å². The van der Waals surface area contributed by atoms with E-state index in [1.54, 1.807) is 36.3 Å². The number of nitrogens with zero attached hydrogens (tertiary/aromatic N) is 3. The van der Waals surface area contributed by atoms with Gasteiger partial charge >= 0.3 is 0 Å². The lowest BCUT2D eigenvalue weighted by molar-refractivity contribution is 0.0945. The van der Waals surface area contributed by atoms with Gasteiger partial charge in [-0.15, -0.1) is 0 Å². The number of hydrazine groups is 1. The molecule has 0 atom stereocenters. The summed E-state index contributed by atoms with van der Waals surface area (Å²) < 4.78 is 1.38. The van der Waals surface area contributed by atoms with E-state index < -0.39 is 0 Å². The number of amides is 1. The topological polar surface area (TPSA) is 67.2 Å². The number of nitrogens with one attached hydrogen (secondary N) is 1. The molecule has 0 aliphatic rings. The number of hydrogen-bond donors (Lipinski definition) is 1. The lowest BCUT2D eigenvalue weighted by Crippen LogP contribution is -2.41. The summed E-state index contributed by atoms with van der Waals surface area (Å²) in [6.07, 6.45) is 0. The van der Waals surface area contributed by atoms with Gasteiger partial charge in [0, 0.05) is 19.0 Å². The van der Waals surface area contributed by atoms with Gasteiger partial charge in [-0.3, -0.25) is 20.0 Å². The number of hydrogen-bond acceptors (Lipinski definition) is 4. The Morgan fingerprint density at radius 1 is 1.08 bits per heavy atom. The maximum Gasteiger partial charge on any atom is 0.290 e. The maximum absolute atomic E-state index is 12.9. The molecule has 6 heteroatoms. The van der Waals surface area contributed by atoms with Crippen molar-refractivity contribution in [1.82, 2.24) is 15.2 Å². The minimum absolute atomic E-state index is 0.178. The van der Waals surface area contributed by atoms with Crippen LogP contribution in [0.15, 0.2) is 59.4 Å². The van der Waals surface area contributed by atoms with Gasteiger partial charge in [-0.05, 0) is 24.1 Å². The molecular weight excluding hydrogens is 328 g/mol. The first-order valence-electron chi connectivity index (χ1n) is 8.57. The molecule has 6 nitrogen and oxygen atoms in total. The minimum Gasteiger partial charge on any atom is -0.288 e. The van der Waals surface area contributed by atoms with Crippen LogP contribution >= 0.6 is 0 Å². The zero-order chi connectivity index (χ0) is 18.7. The van der Waals surface area contributed by atoms with Crippen LogP contribution in [0.2, 0.25) is 0 Å². The van der Waals surface area contributed by atoms with Gasteiger partial charge in [0.1, 0.15) is 0 Å². The molecule has 1 amide bonds. The quantitative estimate of drug-likeness (QED) is 0.719. The molecule has 1 N–H and O–H groups in total. The molecule has 0 radical (unpaired) electrons. The van der Waals surface area contributed by atoms with Crippen LogP contribution in [0.3, 0.4) is 0 Å². The molecule has 26 heavy (non-hydrogen) atoms. The average molecular weight is 350 g/mol. The Bertz CT molecular complexity index is 980. The second kappa shape index (κ2) is 7.39. The molecular formula is C20H22N4O2. The van der Waals surface area contributed by atoms with Crippen molar-refractivity contribution >= 4 is 22.4 Å². The number of rotatable bonds is 5. The van der Waals surface area contributed by atoms with Crippen molar-refractivity contribution in [1.29, 1.82) is 0 Å². The predicted octanol–water partition coefficient (Wildman–Crippen LogP) is 2.83. The molecule has 0 saturated heterocycles. The number of benzene rings is 2. The van der Waals surface area contributed by atoms with Crippen LogP contribution in [0.1, 0.15) is 24.3 Å². The number of anilines is 1. The summed E-state index contributed by atoms with van der Waals surface area (Å²) in [6.45, 7) is 4.47. The van der Waals surface area contributed by atoms with E-state index in [2.05, 4.69) is 10.5 Å². The zero-order valence-corrected chi connectivity index (χ0v) is 15.1. The first-order valence-corrected chi connectivity index (χ1v) is 8.57. The molecule has 0 aliphatic heterocycles. The zero-order valence-electron chi connectivity index (χ0n) is 15.1. The van der Waals surface area contributed by atoms with Crippen molar-refractivity contribution in [2.45, 2.75) is 20.4 Å². The van der Waals surface area contributed by atoms with Crippen LogP contribution < -0.4 is 16.0 Å². The molecule has 1 aromatic heterocycles. The molecule has 1 heterocycles. The Kier molecular flexibility index (Phi) is 5.02. The normalized spacial score (nSPS) is 10.9. The molecule has 0 unspecified atom stereocenters. The predicted molar refractivity (Wildman–Crippen MR) is 103 cm³/mol. The van der Waals surface area contributed by atoms with E-state index in [0.29, 0.717) is 17.3 Å². The summed E-state index contributed by atoms with van der Waals surface area (Å²) in [7, 11) is 1.76. The van der Waals surface area contributed by atoms with Gasteiger partial charge in [0.2, 0.25) is 0 Å². The maximum atomic E-state index is 12.9. The van der Waals surface area contributed by atoms with E-state index in [1.165, 1.54) is 4.68 Å². The lowest BCUT2D eigenvalue weighted by atomic mass is 10.1. The fourth-order valence-corrected chi connectivity index (χ4v) is 2.79. The third kappa shape index (κ3) is 3.59. The van der Waals surface area contributed by atoms with Crippen LogP contribution in [0.4, 0.5) is 5.69 Å². The molecule has 0 aliphatic carbocycles. The summed E-state index contributed by atoms with van der Waals surface area (Å²) in [5, 5.41) is 7.04. The number of para-hydroxylation sites is 1. The van der Waals surface area contributed by atoms with Crippen LogP contribution in [-0.4, -0.2) is 22.7 Å². The fourth-order valence-electron chi connectivity index (χ4n) is 2.79. The Balaban J connectivity index is 2.01. The van der Waals surface area contributed by atoms with Crippen molar-refractivity contribution in [3.63, 3.8) is 0 Å². The lowest BCUT2D eigenvalue weighted by Gasteiger charge is -2.20. The van der Waals surface area contributed by atoms with Gasteiger partial charge < -0.3 is 0 Å². The van der Waals surface area contributed by atoms with Crippen molar-refractivity contribution in [3.8, 4) is 0 Å². The van der Waals surface area contributed by atoms with Crippen molar-refractivity contribution in [3.05, 3.63) is 70.6 Å². The van der Waals surface area contributed by atoms with E-state index in [0.717, 1.165) is 5.69 Å². The molecule has 3 rings (SSSR count). The molecule has 0 spiro atoms. The van der Waals surface area contributed by atoms with Gasteiger partial charge in [0.25, 0.3) is 11.5 Å². The Morgan fingerprint density at radius 3 is 2.35 bits per heavy atom. The van der Waals surface area contributed by atoms with Gasteiger partial charge in [0.05, 0.1) is 11.1 Å². The van der Waals surface area contributed by atoms with Crippen molar-refractivity contribution in [2.75, 3.05) is 12.1 Å². The summed E-state index contributed by atoms with van der Waals surface area (Å²) in [6, 6.07) is 16.6. The van der Waals surface area contributed by atoms with Gasteiger partial charge in [-0.25, -0.2) is 4.68 Å². The Labute approximate surface area is 152 Å². The van der Waals surface area contributed by atoms with Crippen LogP contribution in [0.5, 0.6) is 0 Å². The summed E-state index contributed by atoms with van der Waals surface area (Å²) >= 11 is 0. The SMILES string of the molecule is CC(C)Cn1nc(C(=O)NN(C)c2ccccc2)c2ccccc2c1=O. The molecule has 0 bridgehead atoms. The average Bonchev–Trinajstić information content (AvgIpc) is 2.64. The third-order valence-corrected chi connectivity index (χ3v) is 4.03. The molecule has 2 aromatic carbocycles. The molecule has 3 aromatic rings. The number of carbonyl (C=O) groups is 1. The Hall–Kier alpha value is -3.15. The highest BCUT2D eigenvalue weighted by Gasteiger charge is 2.18. The fraction of sp³-hybridized carbons (Fsp3) is 0.250. The summed E-state index contributed by atoms with van der Waals surface area (Å²) in [5.41, 5.74) is 3.73. The molecule has 0 fully saturated rings. The molecule has 0 saturated carbocycles. The highest BCUT2D eigenvalue weighted by Crippen LogP contribution is 2.15. The van der Waals surface area contributed by atoms with E-state index in [-0.39, 0.29) is 23.1 Å². The molecule has 134 valence electrons. The smallest absolute Gasteiger partial charge is 0.288 e. The van der Waals surface area contributed by atoms with Crippen LogP contribution in [0, 0.1) is 5.92 Å². The highest BCUT2D eigenvalue weighted by atomic mass is 16.2. The number of aromatic nitrogens is 2. The van der Waals surface area contributed by atoms with Gasteiger partial charge in [0.15, 0.2) is 5.69 Å².